The molecule has 0 spiro atoms. The van der Waals surface area contributed by atoms with Gasteiger partial charge >= 0.3 is 12.1 Å². The van der Waals surface area contributed by atoms with Crippen molar-refractivity contribution in [1.82, 2.24) is 5.32 Å². The summed E-state index contributed by atoms with van der Waals surface area (Å²) in [5.74, 6) is -0.932. The molecule has 2 aromatic rings. The normalized spacial score (nSPS) is 16.9. The maximum Gasteiger partial charge on any atom is 0.416 e. The van der Waals surface area contributed by atoms with Gasteiger partial charge < -0.3 is 10.1 Å². The van der Waals surface area contributed by atoms with E-state index < -0.39 is 23.6 Å². The van der Waals surface area contributed by atoms with Gasteiger partial charge in [-0.2, -0.15) is 13.2 Å². The smallest absolute Gasteiger partial charge is 0.416 e. The van der Waals surface area contributed by atoms with Crippen molar-refractivity contribution >= 4 is 52.2 Å². The molecular formula is C19H12ClF3N2O3S. The van der Waals surface area contributed by atoms with Crippen molar-refractivity contribution in [1.29, 1.82) is 0 Å². The van der Waals surface area contributed by atoms with Crippen LogP contribution in [0.15, 0.2) is 52.4 Å². The molecule has 1 aliphatic heterocycles. The first kappa shape index (κ1) is 20.9. The van der Waals surface area contributed by atoms with E-state index in [1.54, 1.807) is 30.3 Å². The third kappa shape index (κ3) is 4.99. The van der Waals surface area contributed by atoms with E-state index in [1.807, 2.05) is 0 Å². The molecule has 0 aliphatic carbocycles. The number of rotatable bonds is 3. The molecular weight excluding hydrogens is 429 g/mol. The van der Waals surface area contributed by atoms with Gasteiger partial charge in [-0.1, -0.05) is 23.7 Å². The van der Waals surface area contributed by atoms with Crippen molar-refractivity contribution in [2.75, 3.05) is 7.11 Å². The molecule has 1 aliphatic rings. The summed E-state index contributed by atoms with van der Waals surface area (Å²) in [6.45, 7) is 0. The number of alkyl halides is 3. The van der Waals surface area contributed by atoms with E-state index in [2.05, 4.69) is 15.0 Å². The van der Waals surface area contributed by atoms with E-state index in [0.717, 1.165) is 30.0 Å². The zero-order valence-corrected chi connectivity index (χ0v) is 16.3. The fourth-order valence-electron chi connectivity index (χ4n) is 2.35. The number of nitrogens with one attached hydrogen (secondary N) is 1. The summed E-state index contributed by atoms with van der Waals surface area (Å²) in [4.78, 5) is 27.9. The largest absolute Gasteiger partial charge is 0.465 e. The van der Waals surface area contributed by atoms with E-state index in [1.165, 1.54) is 7.11 Å². The van der Waals surface area contributed by atoms with Crippen LogP contribution in [0.5, 0.6) is 0 Å². The fraction of sp³-hybridized carbons (Fsp3) is 0.105. The third-order valence-corrected chi connectivity index (χ3v) is 5.01. The molecule has 0 unspecified atom stereocenters. The second kappa shape index (κ2) is 8.30. The molecule has 1 N–H and O–H groups in total. The summed E-state index contributed by atoms with van der Waals surface area (Å²) < 4.78 is 43.2. The van der Waals surface area contributed by atoms with Gasteiger partial charge in [0, 0.05) is 0 Å². The lowest BCUT2D eigenvalue weighted by Crippen LogP contribution is -2.19. The van der Waals surface area contributed by atoms with E-state index in [4.69, 9.17) is 11.6 Å². The number of amidine groups is 1. The van der Waals surface area contributed by atoms with Crippen molar-refractivity contribution in [3.05, 3.63) is 69.1 Å². The van der Waals surface area contributed by atoms with Crippen LogP contribution in [-0.4, -0.2) is 24.2 Å². The molecule has 1 amide bonds. The van der Waals surface area contributed by atoms with Gasteiger partial charge in [0.15, 0.2) is 5.17 Å². The van der Waals surface area contributed by atoms with Gasteiger partial charge in [0.05, 0.1) is 33.9 Å². The second-order valence-corrected chi connectivity index (χ2v) is 7.20. The van der Waals surface area contributed by atoms with Crippen molar-refractivity contribution in [3.63, 3.8) is 0 Å². The highest BCUT2D eigenvalue weighted by Gasteiger charge is 2.31. The van der Waals surface area contributed by atoms with E-state index in [9.17, 15) is 22.8 Å². The maximum atomic E-state index is 12.9. The maximum absolute atomic E-state index is 12.9. The molecule has 3 rings (SSSR count). The Morgan fingerprint density at radius 1 is 1.21 bits per heavy atom. The predicted octanol–water partition coefficient (Wildman–Crippen LogP) is 5.04. The summed E-state index contributed by atoms with van der Waals surface area (Å²) >= 11 is 6.90. The van der Waals surface area contributed by atoms with Gasteiger partial charge in [-0.3, -0.25) is 4.79 Å². The SMILES string of the molecule is COC(=O)c1ccc(C=C2SC(=Nc3cc(C(F)(F)F)ccc3Cl)NC2=O)cc1. The monoisotopic (exact) mass is 440 g/mol. The predicted molar refractivity (Wildman–Crippen MR) is 105 cm³/mol. The van der Waals surface area contributed by atoms with Crippen molar-refractivity contribution < 1.29 is 27.5 Å². The number of esters is 1. The van der Waals surface area contributed by atoms with Crippen LogP contribution in [-0.2, 0) is 15.7 Å². The van der Waals surface area contributed by atoms with Crippen LogP contribution < -0.4 is 5.32 Å². The first-order chi connectivity index (χ1) is 13.7. The molecule has 0 bridgehead atoms. The summed E-state index contributed by atoms with van der Waals surface area (Å²) in [5, 5.41) is 2.62. The van der Waals surface area contributed by atoms with Crippen LogP contribution >= 0.6 is 23.4 Å². The summed E-state index contributed by atoms with van der Waals surface area (Å²) in [7, 11) is 1.27. The second-order valence-electron chi connectivity index (χ2n) is 5.76. The first-order valence-corrected chi connectivity index (χ1v) is 9.21. The molecule has 1 heterocycles. The van der Waals surface area contributed by atoms with Crippen molar-refractivity contribution in [2.45, 2.75) is 6.18 Å². The van der Waals surface area contributed by atoms with Gasteiger partial charge in [-0.05, 0) is 53.7 Å². The molecule has 2 aromatic carbocycles. The van der Waals surface area contributed by atoms with Crippen molar-refractivity contribution in [2.24, 2.45) is 4.99 Å². The van der Waals surface area contributed by atoms with Crippen molar-refractivity contribution in [3.8, 4) is 0 Å². The Morgan fingerprint density at radius 2 is 1.90 bits per heavy atom. The number of nitrogens with zero attached hydrogens (tertiary/aromatic N) is 1. The molecule has 0 saturated carbocycles. The molecule has 29 heavy (non-hydrogen) atoms. The zero-order valence-electron chi connectivity index (χ0n) is 14.7. The van der Waals surface area contributed by atoms with Crippen LogP contribution in [0.2, 0.25) is 5.02 Å². The van der Waals surface area contributed by atoms with E-state index in [0.29, 0.717) is 11.1 Å². The van der Waals surface area contributed by atoms with Crippen LogP contribution in [0, 0.1) is 0 Å². The minimum atomic E-state index is -4.53. The molecule has 150 valence electrons. The van der Waals surface area contributed by atoms with Gasteiger partial charge in [0.25, 0.3) is 5.91 Å². The molecule has 0 radical (unpaired) electrons. The molecule has 5 nitrogen and oxygen atoms in total. The fourth-order valence-corrected chi connectivity index (χ4v) is 3.34. The number of benzene rings is 2. The Hall–Kier alpha value is -2.78. The number of methoxy groups -OCH3 is 1. The molecule has 10 heteroatoms. The highest BCUT2D eigenvalue weighted by atomic mass is 35.5. The van der Waals surface area contributed by atoms with Crippen LogP contribution in [0.1, 0.15) is 21.5 Å². The Balaban J connectivity index is 1.83. The van der Waals surface area contributed by atoms with Crippen LogP contribution in [0.25, 0.3) is 6.08 Å². The Kier molecular flexibility index (Phi) is 5.99. The molecule has 0 aromatic heterocycles. The van der Waals surface area contributed by atoms with Gasteiger partial charge in [-0.25, -0.2) is 9.79 Å². The average Bonchev–Trinajstić information content (AvgIpc) is 3.01. The Morgan fingerprint density at radius 3 is 2.52 bits per heavy atom. The Labute approximate surface area is 172 Å². The zero-order chi connectivity index (χ0) is 21.2. The van der Waals surface area contributed by atoms with E-state index in [-0.39, 0.29) is 20.8 Å². The molecule has 0 atom stereocenters. The van der Waals surface area contributed by atoms with Gasteiger partial charge in [0.1, 0.15) is 0 Å². The molecule has 1 fully saturated rings. The topological polar surface area (TPSA) is 67.8 Å². The summed E-state index contributed by atoms with van der Waals surface area (Å²) in [5.41, 5.74) is 0.0123. The first-order valence-electron chi connectivity index (χ1n) is 8.02. The number of halogens is 4. The third-order valence-electron chi connectivity index (χ3n) is 3.78. The average molecular weight is 441 g/mol. The van der Waals surface area contributed by atoms with Crippen LogP contribution in [0.3, 0.4) is 0 Å². The standard InChI is InChI=1S/C19H12ClF3N2O3S/c1-28-17(27)11-4-2-10(3-5-11)8-15-16(26)25-18(29-15)24-14-9-12(19(21,22)23)6-7-13(14)20/h2-9H,1H3,(H,24,25,26). The number of aliphatic imine (C=N–C) groups is 1. The number of carbonyl (C=O) groups excluding carboxylic acids is 2. The van der Waals surface area contributed by atoms with Crippen LogP contribution in [0.4, 0.5) is 18.9 Å². The highest BCUT2D eigenvalue weighted by Crippen LogP contribution is 2.36. The number of hydrogen-bond donors (Lipinski definition) is 1. The lowest BCUT2D eigenvalue weighted by Gasteiger charge is -2.08. The quantitative estimate of drug-likeness (QED) is 0.536. The number of amides is 1. The van der Waals surface area contributed by atoms with E-state index >= 15 is 0 Å². The van der Waals surface area contributed by atoms with Gasteiger partial charge in [-0.15, -0.1) is 0 Å². The highest BCUT2D eigenvalue weighted by molar-refractivity contribution is 8.18. The number of hydrogen-bond acceptors (Lipinski definition) is 5. The minimum Gasteiger partial charge on any atom is -0.465 e. The summed E-state index contributed by atoms with van der Waals surface area (Å²) in [6.07, 6.45) is -2.97. The van der Waals surface area contributed by atoms with Gasteiger partial charge in [0.2, 0.25) is 0 Å². The number of carbonyl (C=O) groups is 2. The lowest BCUT2D eigenvalue weighted by atomic mass is 10.1. The number of ether oxygens (including phenoxy) is 1. The number of thioether (sulfide) groups is 1. The minimum absolute atomic E-state index is 0.0242. The molecule has 1 saturated heterocycles. The Bertz CT molecular complexity index is 1030. The lowest BCUT2D eigenvalue weighted by molar-refractivity contribution is -0.137. The summed E-state index contributed by atoms with van der Waals surface area (Å²) in [6, 6.07) is 9.13.